The van der Waals surface area contributed by atoms with E-state index in [2.05, 4.69) is 71.9 Å². The molecule has 0 fully saturated rings. The molecule has 2 aliphatic rings. The fourth-order valence-corrected chi connectivity index (χ4v) is 7.20. The van der Waals surface area contributed by atoms with Gasteiger partial charge in [0.25, 0.3) is 0 Å². The van der Waals surface area contributed by atoms with E-state index in [1.165, 1.54) is 56.1 Å². The van der Waals surface area contributed by atoms with Crippen molar-refractivity contribution in [1.29, 1.82) is 0 Å². The summed E-state index contributed by atoms with van der Waals surface area (Å²) in [7, 11) is 0. The largest absolute Gasteiger partial charge is 0.478 e. The number of carbonyl (C=O) groups is 2. The molecule has 0 radical (unpaired) electrons. The molecule has 37 heavy (non-hydrogen) atoms. The molecule has 4 aromatic rings. The summed E-state index contributed by atoms with van der Waals surface area (Å²) in [5, 5.41) is 9.62. The zero-order valence-electron chi connectivity index (χ0n) is 22.1. The maximum Gasteiger partial charge on any atom is 0.336 e. The first-order valence-electron chi connectivity index (χ1n) is 12.8. The second kappa shape index (κ2) is 7.52. The lowest BCUT2D eigenvalue weighted by atomic mass is 9.74. The van der Waals surface area contributed by atoms with Crippen molar-refractivity contribution in [3.05, 3.63) is 117 Å². The number of benzene rings is 4. The third kappa shape index (κ3) is 2.94. The standard InChI is InChI=1S/C34H30O3/c1-18-27-23-13-9-10-14-25(23)33(3,4)29(27)19(2)28-24-16-15-20(17-26(24)34(5,6)30(18)28)31(35)21-11-7-8-12-22(21)32(36)37/h7-17H,1-6H3,(H,36,37). The van der Waals surface area contributed by atoms with Gasteiger partial charge >= 0.3 is 5.97 Å². The fourth-order valence-electron chi connectivity index (χ4n) is 7.20. The van der Waals surface area contributed by atoms with E-state index in [0.29, 0.717) is 5.56 Å². The minimum absolute atomic E-state index is 0.0274. The molecule has 0 amide bonds. The van der Waals surface area contributed by atoms with E-state index in [9.17, 15) is 14.7 Å². The van der Waals surface area contributed by atoms with Gasteiger partial charge in [0.15, 0.2) is 5.78 Å². The van der Waals surface area contributed by atoms with E-state index < -0.39 is 5.97 Å². The Morgan fingerprint density at radius 2 is 1.16 bits per heavy atom. The van der Waals surface area contributed by atoms with Gasteiger partial charge in [-0.3, -0.25) is 4.79 Å². The van der Waals surface area contributed by atoms with E-state index in [1.807, 2.05) is 12.1 Å². The number of aromatic carboxylic acids is 1. The Labute approximate surface area is 217 Å². The summed E-state index contributed by atoms with van der Waals surface area (Å²) in [6, 6.07) is 21.1. The molecule has 0 bridgehead atoms. The molecular weight excluding hydrogens is 456 g/mol. The number of carboxylic acids is 1. The fraction of sp³-hybridized carbons (Fsp3) is 0.235. The first-order chi connectivity index (χ1) is 17.5. The molecule has 1 N–H and O–H groups in total. The van der Waals surface area contributed by atoms with Crippen LogP contribution in [0.4, 0.5) is 0 Å². The van der Waals surface area contributed by atoms with Gasteiger partial charge in [-0.15, -0.1) is 0 Å². The smallest absolute Gasteiger partial charge is 0.336 e. The van der Waals surface area contributed by atoms with Crippen LogP contribution in [0, 0.1) is 13.8 Å². The third-order valence-corrected chi connectivity index (χ3v) is 8.75. The van der Waals surface area contributed by atoms with E-state index >= 15 is 0 Å². The quantitative estimate of drug-likeness (QED) is 0.300. The van der Waals surface area contributed by atoms with Crippen LogP contribution in [0.25, 0.3) is 22.3 Å². The summed E-state index contributed by atoms with van der Waals surface area (Å²) in [5.41, 5.74) is 13.3. The van der Waals surface area contributed by atoms with Crippen molar-refractivity contribution in [2.75, 3.05) is 0 Å². The average molecular weight is 487 g/mol. The summed E-state index contributed by atoms with van der Waals surface area (Å²) >= 11 is 0. The molecule has 0 saturated carbocycles. The lowest BCUT2D eigenvalue weighted by Gasteiger charge is -2.29. The van der Waals surface area contributed by atoms with Crippen molar-refractivity contribution in [1.82, 2.24) is 0 Å². The SMILES string of the molecule is Cc1c2c(c(C)c3c1C(C)(C)c1ccccc1-3)C(C)(C)c1cc(C(=O)c3ccccc3C(=O)O)ccc1-2. The van der Waals surface area contributed by atoms with E-state index in [4.69, 9.17) is 0 Å². The number of hydrogen-bond donors (Lipinski definition) is 1. The molecule has 0 spiro atoms. The average Bonchev–Trinajstić information content (AvgIpc) is 3.27. The molecule has 4 aromatic carbocycles. The summed E-state index contributed by atoms with van der Waals surface area (Å²) in [4.78, 5) is 25.3. The van der Waals surface area contributed by atoms with Crippen LogP contribution in [0.2, 0.25) is 0 Å². The van der Waals surface area contributed by atoms with E-state index in [0.717, 1.165) is 5.56 Å². The van der Waals surface area contributed by atoms with Crippen molar-refractivity contribution in [2.45, 2.75) is 52.4 Å². The van der Waals surface area contributed by atoms with Gasteiger partial charge in [0.05, 0.1) is 5.56 Å². The molecule has 0 heterocycles. The maximum atomic E-state index is 13.5. The number of fused-ring (bicyclic) bond motifs is 6. The Hall–Kier alpha value is -3.98. The van der Waals surface area contributed by atoms with Crippen LogP contribution in [-0.2, 0) is 10.8 Å². The van der Waals surface area contributed by atoms with Crippen molar-refractivity contribution in [3.8, 4) is 22.3 Å². The molecule has 0 saturated heterocycles. The zero-order chi connectivity index (χ0) is 26.4. The van der Waals surface area contributed by atoms with Gasteiger partial charge in [-0.25, -0.2) is 4.79 Å². The predicted molar refractivity (Wildman–Crippen MR) is 148 cm³/mol. The highest BCUT2D eigenvalue weighted by atomic mass is 16.4. The van der Waals surface area contributed by atoms with Crippen LogP contribution in [0.15, 0.2) is 66.7 Å². The van der Waals surface area contributed by atoms with E-state index in [-0.39, 0.29) is 27.7 Å². The van der Waals surface area contributed by atoms with Crippen LogP contribution in [-0.4, -0.2) is 16.9 Å². The number of carbonyl (C=O) groups excluding carboxylic acids is 1. The Morgan fingerprint density at radius 3 is 1.78 bits per heavy atom. The molecule has 0 aliphatic heterocycles. The maximum absolute atomic E-state index is 13.5. The molecule has 0 atom stereocenters. The summed E-state index contributed by atoms with van der Waals surface area (Å²) in [5.74, 6) is -1.36. The monoisotopic (exact) mass is 486 g/mol. The van der Waals surface area contributed by atoms with Gasteiger partial charge in [0.1, 0.15) is 0 Å². The predicted octanol–water partition coefficient (Wildman–Crippen LogP) is 7.85. The van der Waals surface area contributed by atoms with Crippen LogP contribution in [0.1, 0.15) is 87.4 Å². The van der Waals surface area contributed by atoms with Gasteiger partial charge in [0.2, 0.25) is 0 Å². The number of carboxylic acid groups (broad SMARTS) is 1. The lowest BCUT2D eigenvalue weighted by molar-refractivity contribution is 0.0692. The number of hydrogen-bond acceptors (Lipinski definition) is 2. The molecular formula is C34H30O3. The Balaban J connectivity index is 1.58. The van der Waals surface area contributed by atoms with Gasteiger partial charge in [-0.2, -0.15) is 0 Å². The minimum atomic E-state index is -1.10. The lowest BCUT2D eigenvalue weighted by Crippen LogP contribution is -2.20. The molecule has 0 aromatic heterocycles. The Bertz CT molecular complexity index is 1680. The Morgan fingerprint density at radius 1 is 0.649 bits per heavy atom. The second-order valence-electron chi connectivity index (χ2n) is 11.5. The third-order valence-electron chi connectivity index (χ3n) is 8.75. The number of ketones is 1. The van der Waals surface area contributed by atoms with Crippen LogP contribution < -0.4 is 0 Å². The van der Waals surface area contributed by atoms with Crippen LogP contribution >= 0.6 is 0 Å². The van der Waals surface area contributed by atoms with E-state index in [1.54, 1.807) is 18.2 Å². The van der Waals surface area contributed by atoms with Crippen molar-refractivity contribution in [2.24, 2.45) is 0 Å². The molecule has 3 heteroatoms. The summed E-state index contributed by atoms with van der Waals surface area (Å²) < 4.78 is 0. The van der Waals surface area contributed by atoms with Gasteiger partial charge in [-0.1, -0.05) is 82.3 Å². The molecule has 184 valence electrons. The summed E-state index contributed by atoms with van der Waals surface area (Å²) in [6.07, 6.45) is 0. The topological polar surface area (TPSA) is 54.4 Å². The molecule has 6 rings (SSSR count). The minimum Gasteiger partial charge on any atom is -0.478 e. The van der Waals surface area contributed by atoms with Crippen molar-refractivity contribution >= 4 is 11.8 Å². The second-order valence-corrected chi connectivity index (χ2v) is 11.5. The van der Waals surface area contributed by atoms with Gasteiger partial charge < -0.3 is 5.11 Å². The Kier molecular flexibility index (Phi) is 4.76. The highest BCUT2D eigenvalue weighted by Gasteiger charge is 2.45. The summed E-state index contributed by atoms with van der Waals surface area (Å²) in [6.45, 7) is 13.6. The van der Waals surface area contributed by atoms with Gasteiger partial charge in [-0.05, 0) is 81.6 Å². The van der Waals surface area contributed by atoms with Crippen LogP contribution in [0.3, 0.4) is 0 Å². The molecule has 0 unspecified atom stereocenters. The number of rotatable bonds is 3. The molecule has 3 nitrogen and oxygen atoms in total. The van der Waals surface area contributed by atoms with Crippen molar-refractivity contribution in [3.63, 3.8) is 0 Å². The zero-order valence-corrected chi connectivity index (χ0v) is 22.1. The first-order valence-corrected chi connectivity index (χ1v) is 12.8. The van der Waals surface area contributed by atoms with Gasteiger partial charge in [0, 0.05) is 22.0 Å². The van der Waals surface area contributed by atoms with Crippen LogP contribution in [0.5, 0.6) is 0 Å². The highest BCUT2D eigenvalue weighted by Crippen LogP contribution is 2.59. The highest BCUT2D eigenvalue weighted by molar-refractivity contribution is 6.14. The van der Waals surface area contributed by atoms with Crippen molar-refractivity contribution < 1.29 is 14.7 Å². The normalized spacial score (nSPS) is 15.5. The first kappa shape index (κ1) is 23.4. The molecule has 2 aliphatic carbocycles.